The Morgan fingerprint density at radius 1 is 1.31 bits per heavy atom. The van der Waals surface area contributed by atoms with Crippen LogP contribution >= 0.6 is 23.4 Å². The van der Waals surface area contributed by atoms with Gasteiger partial charge in [-0.15, -0.1) is 11.8 Å². The van der Waals surface area contributed by atoms with Crippen LogP contribution in [0.3, 0.4) is 0 Å². The SMILES string of the molecule is OCCNCSc1ccc(Cl)cc1. The molecule has 0 heterocycles. The van der Waals surface area contributed by atoms with Crippen molar-refractivity contribution in [2.75, 3.05) is 19.0 Å². The maximum Gasteiger partial charge on any atom is 0.0556 e. The van der Waals surface area contributed by atoms with Gasteiger partial charge in [0.25, 0.3) is 0 Å². The summed E-state index contributed by atoms with van der Waals surface area (Å²) >= 11 is 7.43. The molecule has 0 saturated carbocycles. The van der Waals surface area contributed by atoms with E-state index < -0.39 is 0 Å². The first kappa shape index (κ1) is 10.9. The van der Waals surface area contributed by atoms with E-state index in [0.717, 1.165) is 10.9 Å². The van der Waals surface area contributed by atoms with Crippen molar-refractivity contribution in [3.05, 3.63) is 29.3 Å². The number of aliphatic hydroxyl groups excluding tert-OH is 1. The van der Waals surface area contributed by atoms with E-state index in [0.29, 0.717) is 6.54 Å². The molecule has 1 rings (SSSR count). The number of halogens is 1. The summed E-state index contributed by atoms with van der Waals surface area (Å²) in [6, 6.07) is 7.70. The van der Waals surface area contributed by atoms with Crippen LogP contribution in [0, 0.1) is 0 Å². The second-order valence-corrected chi connectivity index (χ2v) is 3.95. The lowest BCUT2D eigenvalue weighted by Crippen LogP contribution is -2.16. The minimum Gasteiger partial charge on any atom is -0.395 e. The summed E-state index contributed by atoms with van der Waals surface area (Å²) in [5.41, 5.74) is 0. The molecule has 0 unspecified atom stereocenters. The summed E-state index contributed by atoms with van der Waals surface area (Å²) in [6.45, 7) is 0.821. The average molecular weight is 218 g/mol. The van der Waals surface area contributed by atoms with Crippen LogP contribution in [0.2, 0.25) is 5.02 Å². The molecule has 1 aromatic rings. The molecule has 0 aliphatic rings. The number of thioether (sulfide) groups is 1. The third kappa shape index (κ3) is 4.52. The second kappa shape index (κ2) is 6.27. The summed E-state index contributed by atoms with van der Waals surface area (Å²) in [7, 11) is 0. The van der Waals surface area contributed by atoms with Crippen molar-refractivity contribution in [2.45, 2.75) is 4.90 Å². The zero-order chi connectivity index (χ0) is 9.52. The van der Waals surface area contributed by atoms with Crippen molar-refractivity contribution in [3.63, 3.8) is 0 Å². The van der Waals surface area contributed by atoms with Gasteiger partial charge in [0, 0.05) is 22.3 Å². The number of hydrogen-bond acceptors (Lipinski definition) is 3. The van der Waals surface area contributed by atoms with E-state index in [2.05, 4.69) is 5.32 Å². The highest BCUT2D eigenvalue weighted by molar-refractivity contribution is 7.99. The summed E-state index contributed by atoms with van der Waals surface area (Å²) in [4.78, 5) is 1.18. The van der Waals surface area contributed by atoms with Gasteiger partial charge in [0.05, 0.1) is 6.61 Å². The fraction of sp³-hybridized carbons (Fsp3) is 0.333. The van der Waals surface area contributed by atoms with Crippen LogP contribution in [0.5, 0.6) is 0 Å². The van der Waals surface area contributed by atoms with Gasteiger partial charge in [-0.05, 0) is 24.3 Å². The number of rotatable bonds is 5. The summed E-state index contributed by atoms with van der Waals surface area (Å²) in [5.74, 6) is 0.808. The molecule has 0 saturated heterocycles. The Kier molecular flexibility index (Phi) is 5.23. The van der Waals surface area contributed by atoms with Gasteiger partial charge in [0.2, 0.25) is 0 Å². The number of aliphatic hydroxyl groups is 1. The van der Waals surface area contributed by atoms with Crippen molar-refractivity contribution in [2.24, 2.45) is 0 Å². The molecule has 0 amide bonds. The number of nitrogens with one attached hydrogen (secondary N) is 1. The molecule has 0 radical (unpaired) electrons. The molecule has 0 aromatic heterocycles. The Labute approximate surface area is 87.3 Å². The molecule has 0 fully saturated rings. The van der Waals surface area contributed by atoms with Gasteiger partial charge in [-0.25, -0.2) is 0 Å². The largest absolute Gasteiger partial charge is 0.395 e. The van der Waals surface area contributed by atoms with Gasteiger partial charge >= 0.3 is 0 Å². The van der Waals surface area contributed by atoms with E-state index in [1.807, 2.05) is 24.3 Å². The first-order valence-electron chi connectivity index (χ1n) is 4.03. The smallest absolute Gasteiger partial charge is 0.0556 e. The van der Waals surface area contributed by atoms with E-state index in [1.54, 1.807) is 11.8 Å². The lowest BCUT2D eigenvalue weighted by Gasteiger charge is -2.02. The quantitative estimate of drug-likeness (QED) is 0.450. The first-order valence-corrected chi connectivity index (χ1v) is 5.39. The zero-order valence-corrected chi connectivity index (χ0v) is 8.74. The standard InChI is InChI=1S/C9H12ClNOS/c10-8-1-3-9(4-2-8)13-7-11-5-6-12/h1-4,11-12H,5-7H2. The fourth-order valence-electron chi connectivity index (χ4n) is 0.816. The molecule has 2 N–H and O–H groups in total. The van der Waals surface area contributed by atoms with E-state index in [9.17, 15) is 0 Å². The normalized spacial score (nSPS) is 10.3. The highest BCUT2D eigenvalue weighted by atomic mass is 35.5. The molecule has 4 heteroatoms. The Morgan fingerprint density at radius 2 is 2.00 bits per heavy atom. The molecule has 1 aromatic carbocycles. The zero-order valence-electron chi connectivity index (χ0n) is 7.16. The molecule has 0 aliphatic heterocycles. The predicted octanol–water partition coefficient (Wildman–Crippen LogP) is 1.97. The van der Waals surface area contributed by atoms with Crippen molar-refractivity contribution in [1.29, 1.82) is 0 Å². The lowest BCUT2D eigenvalue weighted by atomic mass is 10.4. The third-order valence-corrected chi connectivity index (χ3v) is 2.65. The molecule has 0 bridgehead atoms. The molecule has 2 nitrogen and oxygen atoms in total. The Balaban J connectivity index is 2.25. The van der Waals surface area contributed by atoms with Crippen molar-refractivity contribution >= 4 is 23.4 Å². The van der Waals surface area contributed by atoms with Crippen molar-refractivity contribution in [3.8, 4) is 0 Å². The summed E-state index contributed by atoms with van der Waals surface area (Å²) < 4.78 is 0. The fourth-order valence-corrected chi connectivity index (χ4v) is 1.68. The Bertz CT molecular complexity index is 240. The molecule has 0 atom stereocenters. The summed E-state index contributed by atoms with van der Waals surface area (Å²) in [5, 5.41) is 12.3. The molecular weight excluding hydrogens is 206 g/mol. The third-order valence-electron chi connectivity index (χ3n) is 1.44. The molecule has 13 heavy (non-hydrogen) atoms. The van der Waals surface area contributed by atoms with Crippen LogP contribution in [0.15, 0.2) is 29.2 Å². The van der Waals surface area contributed by atoms with Crippen LogP contribution in [0.25, 0.3) is 0 Å². The highest BCUT2D eigenvalue weighted by Gasteiger charge is 1.92. The Hall–Kier alpha value is -0.220. The molecule has 72 valence electrons. The van der Waals surface area contributed by atoms with Crippen LogP contribution in [-0.2, 0) is 0 Å². The predicted molar refractivity (Wildman–Crippen MR) is 57.3 cm³/mol. The minimum absolute atomic E-state index is 0.182. The second-order valence-electron chi connectivity index (χ2n) is 2.47. The van der Waals surface area contributed by atoms with Crippen LogP contribution < -0.4 is 5.32 Å². The summed E-state index contributed by atoms with van der Waals surface area (Å²) in [6.07, 6.45) is 0. The van der Waals surface area contributed by atoms with Crippen LogP contribution in [-0.4, -0.2) is 24.1 Å². The monoisotopic (exact) mass is 217 g/mol. The van der Waals surface area contributed by atoms with Crippen molar-refractivity contribution in [1.82, 2.24) is 5.32 Å². The lowest BCUT2D eigenvalue weighted by molar-refractivity contribution is 0.296. The van der Waals surface area contributed by atoms with Gasteiger partial charge in [-0.2, -0.15) is 0 Å². The topological polar surface area (TPSA) is 32.3 Å². The van der Waals surface area contributed by atoms with E-state index in [4.69, 9.17) is 16.7 Å². The molecule has 0 spiro atoms. The van der Waals surface area contributed by atoms with E-state index >= 15 is 0 Å². The molecule has 0 aliphatic carbocycles. The van der Waals surface area contributed by atoms with Gasteiger partial charge < -0.3 is 10.4 Å². The van der Waals surface area contributed by atoms with Crippen molar-refractivity contribution < 1.29 is 5.11 Å². The van der Waals surface area contributed by atoms with Gasteiger partial charge in [-0.3, -0.25) is 0 Å². The minimum atomic E-state index is 0.182. The average Bonchev–Trinajstić information content (AvgIpc) is 2.15. The van der Waals surface area contributed by atoms with Gasteiger partial charge in [0.1, 0.15) is 0 Å². The number of benzene rings is 1. The maximum atomic E-state index is 8.51. The first-order chi connectivity index (χ1) is 6.33. The van der Waals surface area contributed by atoms with Gasteiger partial charge in [0.15, 0.2) is 0 Å². The van der Waals surface area contributed by atoms with Crippen LogP contribution in [0.4, 0.5) is 0 Å². The highest BCUT2D eigenvalue weighted by Crippen LogP contribution is 2.18. The Morgan fingerprint density at radius 3 is 2.62 bits per heavy atom. The van der Waals surface area contributed by atoms with Crippen LogP contribution in [0.1, 0.15) is 0 Å². The van der Waals surface area contributed by atoms with Gasteiger partial charge in [-0.1, -0.05) is 11.6 Å². The number of hydrogen-bond donors (Lipinski definition) is 2. The molecular formula is C9H12ClNOS. The van der Waals surface area contributed by atoms with E-state index in [1.165, 1.54) is 4.90 Å². The van der Waals surface area contributed by atoms with E-state index in [-0.39, 0.29) is 6.61 Å². The maximum absolute atomic E-state index is 8.51.